The molecule has 2 heterocycles. The molecule has 124 valence electrons. The molecule has 0 spiro atoms. The van der Waals surface area contributed by atoms with Crippen molar-refractivity contribution in [2.75, 3.05) is 18.5 Å². The first-order valence-corrected chi connectivity index (χ1v) is 9.31. The average Bonchev–Trinajstić information content (AvgIpc) is 3.07. The maximum Gasteiger partial charge on any atom is 0.325 e. The van der Waals surface area contributed by atoms with Gasteiger partial charge in [0.1, 0.15) is 12.4 Å². The number of pyridine rings is 1. The van der Waals surface area contributed by atoms with E-state index in [1.54, 1.807) is 35.9 Å². The molecular formula is C14H17N3O4S2. The standard InChI is InChI=1S/C14H17N3O4S2/c1-2-21-14(18)9-15-13-5-3-4-11(17-13)8-16-23(19,20)12-6-7-22-10-12/h3-7,10,16H,2,8-9H2,1H3,(H,15,17). The van der Waals surface area contributed by atoms with Gasteiger partial charge in [0.25, 0.3) is 0 Å². The van der Waals surface area contributed by atoms with Crippen LogP contribution in [0.1, 0.15) is 12.6 Å². The van der Waals surface area contributed by atoms with Gasteiger partial charge in [-0.25, -0.2) is 18.1 Å². The van der Waals surface area contributed by atoms with Gasteiger partial charge < -0.3 is 10.1 Å². The van der Waals surface area contributed by atoms with Crippen LogP contribution in [-0.2, 0) is 26.1 Å². The van der Waals surface area contributed by atoms with Crippen molar-refractivity contribution in [1.29, 1.82) is 0 Å². The summed E-state index contributed by atoms with van der Waals surface area (Å²) in [7, 11) is -3.54. The zero-order valence-corrected chi connectivity index (χ0v) is 14.1. The number of sulfonamides is 1. The van der Waals surface area contributed by atoms with Gasteiger partial charge in [-0.15, -0.1) is 0 Å². The molecule has 2 aromatic heterocycles. The van der Waals surface area contributed by atoms with Gasteiger partial charge in [-0.3, -0.25) is 4.79 Å². The molecule has 9 heteroatoms. The molecular weight excluding hydrogens is 338 g/mol. The Balaban J connectivity index is 1.94. The number of anilines is 1. The van der Waals surface area contributed by atoms with E-state index in [0.29, 0.717) is 18.1 Å². The Kier molecular flexibility index (Phi) is 6.08. The highest BCUT2D eigenvalue weighted by atomic mass is 32.2. The Bertz CT molecular complexity index is 745. The van der Waals surface area contributed by atoms with Crippen molar-refractivity contribution < 1.29 is 17.9 Å². The number of carbonyl (C=O) groups is 1. The number of nitrogens with one attached hydrogen (secondary N) is 2. The first-order chi connectivity index (χ1) is 11.0. The molecule has 7 nitrogen and oxygen atoms in total. The van der Waals surface area contributed by atoms with E-state index in [2.05, 4.69) is 15.0 Å². The Morgan fingerprint density at radius 2 is 2.17 bits per heavy atom. The van der Waals surface area contributed by atoms with E-state index in [0.717, 1.165) is 0 Å². The minimum Gasteiger partial charge on any atom is -0.465 e. The van der Waals surface area contributed by atoms with Gasteiger partial charge in [0.2, 0.25) is 10.0 Å². The second-order valence-electron chi connectivity index (χ2n) is 4.46. The monoisotopic (exact) mass is 355 g/mol. The van der Waals surface area contributed by atoms with E-state index in [4.69, 9.17) is 4.74 Å². The van der Waals surface area contributed by atoms with Gasteiger partial charge in [0.05, 0.1) is 23.7 Å². The van der Waals surface area contributed by atoms with Crippen LogP contribution in [0.25, 0.3) is 0 Å². The molecule has 0 aliphatic carbocycles. The topological polar surface area (TPSA) is 97.4 Å². The second-order valence-corrected chi connectivity index (χ2v) is 7.00. The van der Waals surface area contributed by atoms with E-state index in [-0.39, 0.29) is 24.0 Å². The fraction of sp³-hybridized carbons (Fsp3) is 0.286. The molecule has 0 amide bonds. The lowest BCUT2D eigenvalue weighted by Gasteiger charge is -2.08. The number of hydrogen-bond acceptors (Lipinski definition) is 7. The summed E-state index contributed by atoms with van der Waals surface area (Å²) in [6, 6.07) is 6.66. The van der Waals surface area contributed by atoms with E-state index < -0.39 is 10.0 Å². The summed E-state index contributed by atoms with van der Waals surface area (Å²) in [5.41, 5.74) is 0.540. The lowest BCUT2D eigenvalue weighted by Crippen LogP contribution is -2.23. The Morgan fingerprint density at radius 3 is 2.87 bits per heavy atom. The molecule has 0 aromatic carbocycles. The molecule has 0 aliphatic rings. The molecule has 23 heavy (non-hydrogen) atoms. The van der Waals surface area contributed by atoms with Crippen LogP contribution in [0.2, 0.25) is 0 Å². The molecule has 2 rings (SSSR count). The molecule has 0 atom stereocenters. The van der Waals surface area contributed by atoms with Crippen LogP contribution in [-0.4, -0.2) is 32.5 Å². The summed E-state index contributed by atoms with van der Waals surface area (Å²) in [5, 5.41) is 6.10. The highest BCUT2D eigenvalue weighted by Gasteiger charge is 2.14. The van der Waals surface area contributed by atoms with Gasteiger partial charge >= 0.3 is 5.97 Å². The van der Waals surface area contributed by atoms with Crippen LogP contribution in [0.5, 0.6) is 0 Å². The fourth-order valence-corrected chi connectivity index (χ4v) is 3.74. The third-order valence-electron chi connectivity index (χ3n) is 2.77. The van der Waals surface area contributed by atoms with Gasteiger partial charge in [-0.1, -0.05) is 6.07 Å². The Labute approximate surface area is 138 Å². The SMILES string of the molecule is CCOC(=O)CNc1cccc(CNS(=O)(=O)c2ccsc2)n1. The smallest absolute Gasteiger partial charge is 0.325 e. The van der Waals surface area contributed by atoms with E-state index >= 15 is 0 Å². The van der Waals surface area contributed by atoms with Crippen molar-refractivity contribution in [3.63, 3.8) is 0 Å². The molecule has 0 saturated heterocycles. The van der Waals surface area contributed by atoms with Crippen molar-refractivity contribution >= 4 is 33.1 Å². The predicted molar refractivity (Wildman–Crippen MR) is 87.7 cm³/mol. The lowest BCUT2D eigenvalue weighted by molar-refractivity contribution is -0.140. The van der Waals surface area contributed by atoms with Crippen molar-refractivity contribution in [3.05, 3.63) is 40.7 Å². The summed E-state index contributed by atoms with van der Waals surface area (Å²) >= 11 is 1.32. The molecule has 0 bridgehead atoms. The molecule has 0 radical (unpaired) electrons. The molecule has 0 fully saturated rings. The zero-order valence-electron chi connectivity index (χ0n) is 12.5. The quantitative estimate of drug-likeness (QED) is 0.698. The minimum absolute atomic E-state index is 0.00489. The number of nitrogens with zero attached hydrogens (tertiary/aromatic N) is 1. The number of carbonyl (C=O) groups excluding carboxylic acids is 1. The fourth-order valence-electron chi connectivity index (χ4n) is 1.71. The summed E-state index contributed by atoms with van der Waals surface area (Å²) < 4.78 is 31.4. The first kappa shape index (κ1) is 17.4. The summed E-state index contributed by atoms with van der Waals surface area (Å²) in [6.45, 7) is 2.12. The van der Waals surface area contributed by atoms with Gasteiger partial charge in [-0.2, -0.15) is 11.3 Å². The Hall–Kier alpha value is -1.97. The Morgan fingerprint density at radius 1 is 1.35 bits per heavy atom. The van der Waals surface area contributed by atoms with Crippen LogP contribution >= 0.6 is 11.3 Å². The number of rotatable bonds is 8. The second kappa shape index (κ2) is 8.04. The van der Waals surface area contributed by atoms with Crippen molar-refractivity contribution in [2.24, 2.45) is 0 Å². The van der Waals surface area contributed by atoms with Crippen LogP contribution in [0.15, 0.2) is 39.9 Å². The van der Waals surface area contributed by atoms with Gasteiger partial charge in [0, 0.05) is 5.38 Å². The van der Waals surface area contributed by atoms with Crippen LogP contribution in [0, 0.1) is 0 Å². The maximum absolute atomic E-state index is 12.0. The first-order valence-electron chi connectivity index (χ1n) is 6.88. The molecule has 2 aromatic rings. The summed E-state index contributed by atoms with van der Waals surface area (Å²) in [6.07, 6.45) is 0. The third-order valence-corrected chi connectivity index (χ3v) is 5.01. The minimum atomic E-state index is -3.54. The van der Waals surface area contributed by atoms with E-state index in [1.807, 2.05) is 0 Å². The normalized spacial score (nSPS) is 11.2. The van der Waals surface area contributed by atoms with Crippen LogP contribution in [0.4, 0.5) is 5.82 Å². The highest BCUT2D eigenvalue weighted by Crippen LogP contribution is 2.13. The molecule has 0 unspecified atom stereocenters. The van der Waals surface area contributed by atoms with Gasteiger partial charge in [0.15, 0.2) is 0 Å². The summed E-state index contributed by atoms with van der Waals surface area (Å²) in [4.78, 5) is 15.8. The molecule has 2 N–H and O–H groups in total. The van der Waals surface area contributed by atoms with E-state index in [9.17, 15) is 13.2 Å². The molecule has 0 aliphatic heterocycles. The third kappa shape index (κ3) is 5.31. The number of hydrogen-bond donors (Lipinski definition) is 2. The van der Waals surface area contributed by atoms with Crippen molar-refractivity contribution in [1.82, 2.24) is 9.71 Å². The average molecular weight is 355 g/mol. The number of aromatic nitrogens is 1. The summed E-state index contributed by atoms with van der Waals surface area (Å²) in [5.74, 6) is 0.100. The predicted octanol–water partition coefficient (Wildman–Crippen LogP) is 1.60. The zero-order chi connectivity index (χ0) is 16.7. The largest absolute Gasteiger partial charge is 0.465 e. The van der Waals surface area contributed by atoms with Crippen LogP contribution < -0.4 is 10.0 Å². The number of ether oxygens (including phenoxy) is 1. The lowest BCUT2D eigenvalue weighted by atomic mass is 10.3. The van der Waals surface area contributed by atoms with Crippen LogP contribution in [0.3, 0.4) is 0 Å². The maximum atomic E-state index is 12.0. The van der Waals surface area contributed by atoms with Crippen molar-refractivity contribution in [2.45, 2.75) is 18.4 Å². The van der Waals surface area contributed by atoms with Crippen molar-refractivity contribution in [3.8, 4) is 0 Å². The number of esters is 1. The number of thiophene rings is 1. The highest BCUT2D eigenvalue weighted by molar-refractivity contribution is 7.89. The molecule has 0 saturated carbocycles. The van der Waals surface area contributed by atoms with E-state index in [1.165, 1.54) is 17.4 Å². The van der Waals surface area contributed by atoms with Gasteiger partial charge in [-0.05, 0) is 30.5 Å².